The number of para-hydroxylation sites is 3. The molecular formula is C53H37N3OPt. The minimum atomic E-state index is -0.818. The summed E-state index contributed by atoms with van der Waals surface area (Å²) in [6, 6.07) is 68.7. The maximum absolute atomic E-state index is 6.90. The third-order valence-corrected chi connectivity index (χ3v) is 11.1. The van der Waals surface area contributed by atoms with E-state index in [0.717, 1.165) is 67.0 Å². The molecule has 58 heavy (non-hydrogen) atoms. The first-order chi connectivity index (χ1) is 28.1. The van der Waals surface area contributed by atoms with Crippen LogP contribution < -0.4 is 9.64 Å². The van der Waals surface area contributed by atoms with Crippen molar-refractivity contribution >= 4 is 27.8 Å². The molecule has 0 fully saturated rings. The van der Waals surface area contributed by atoms with Crippen LogP contribution in [0.1, 0.15) is 33.5 Å². The molecule has 0 spiro atoms. The standard InChI is InChI=1S/C53H37N3O.Pt/c1-36-16-14-17-37(2)51(36)39-32-40(52-45-23-7-6-18-38(45)29-31-55-52)34-44(33-39)57-43-22-15-19-41(35-43)53(50-28-12-13-30-54-50)46-24-8-10-26-48(46)56(42-20-4-3-5-21-42)49-27-11-9-25-47(49)53;/h3-33H,1-2H3;/q-2;+2. The van der Waals surface area contributed by atoms with Gasteiger partial charge in [-0.1, -0.05) is 121 Å². The van der Waals surface area contributed by atoms with Crippen LogP contribution >= 0.6 is 0 Å². The van der Waals surface area contributed by atoms with Crippen LogP contribution in [0.3, 0.4) is 0 Å². The smallest absolute Gasteiger partial charge is 0.503 e. The molecule has 0 atom stereocenters. The quantitative estimate of drug-likeness (QED) is 0.149. The van der Waals surface area contributed by atoms with Crippen LogP contribution in [0.15, 0.2) is 188 Å². The summed E-state index contributed by atoms with van der Waals surface area (Å²) in [5.74, 6) is 1.16. The second-order valence-corrected chi connectivity index (χ2v) is 14.5. The first-order valence-corrected chi connectivity index (χ1v) is 19.2. The molecule has 0 N–H and O–H groups in total. The summed E-state index contributed by atoms with van der Waals surface area (Å²) in [7, 11) is 0. The van der Waals surface area contributed by atoms with Crippen LogP contribution in [0, 0.1) is 26.0 Å². The number of rotatable bonds is 7. The second kappa shape index (κ2) is 15.4. The van der Waals surface area contributed by atoms with E-state index in [1.807, 2.05) is 30.6 Å². The van der Waals surface area contributed by atoms with E-state index in [1.165, 1.54) is 16.7 Å². The Bertz CT molecular complexity index is 2860. The van der Waals surface area contributed by atoms with Crippen molar-refractivity contribution < 1.29 is 25.8 Å². The summed E-state index contributed by atoms with van der Waals surface area (Å²) in [4.78, 5) is 12.3. The van der Waals surface area contributed by atoms with E-state index in [-0.39, 0.29) is 21.1 Å². The molecule has 3 heterocycles. The molecule has 9 aromatic rings. The summed E-state index contributed by atoms with van der Waals surface area (Å²) in [6.07, 6.45) is 3.74. The van der Waals surface area contributed by atoms with Crippen molar-refractivity contribution in [3.05, 3.63) is 234 Å². The molecule has 0 amide bonds. The van der Waals surface area contributed by atoms with Gasteiger partial charge in [-0.2, -0.15) is 12.1 Å². The van der Waals surface area contributed by atoms with Gasteiger partial charge >= 0.3 is 21.1 Å². The Hall–Kier alpha value is -6.61. The number of nitrogens with zero attached hydrogens (tertiary/aromatic N) is 3. The maximum atomic E-state index is 6.90. The number of aromatic nitrogens is 2. The molecule has 0 radical (unpaired) electrons. The third kappa shape index (κ3) is 6.22. The van der Waals surface area contributed by atoms with Gasteiger partial charge in [0.15, 0.2) is 0 Å². The van der Waals surface area contributed by atoms with Crippen molar-refractivity contribution in [2.45, 2.75) is 19.3 Å². The van der Waals surface area contributed by atoms with Crippen molar-refractivity contribution in [2.24, 2.45) is 0 Å². The van der Waals surface area contributed by atoms with E-state index in [1.54, 1.807) is 0 Å². The van der Waals surface area contributed by atoms with E-state index >= 15 is 0 Å². The fourth-order valence-corrected chi connectivity index (χ4v) is 8.71. The molecule has 0 unspecified atom stereocenters. The summed E-state index contributed by atoms with van der Waals surface area (Å²) >= 11 is 0. The predicted molar refractivity (Wildman–Crippen MR) is 231 cm³/mol. The summed E-state index contributed by atoms with van der Waals surface area (Å²) in [5.41, 5.74) is 12.8. The van der Waals surface area contributed by atoms with Gasteiger partial charge in [-0.05, 0) is 101 Å². The molecule has 1 aliphatic rings. The van der Waals surface area contributed by atoms with Crippen molar-refractivity contribution in [3.8, 4) is 33.9 Å². The predicted octanol–water partition coefficient (Wildman–Crippen LogP) is 13.1. The molecule has 2 aromatic heterocycles. The number of benzene rings is 7. The average molecular weight is 927 g/mol. The average Bonchev–Trinajstić information content (AvgIpc) is 3.26. The fraction of sp³-hybridized carbons (Fsp3) is 0.0566. The minimum absolute atomic E-state index is 0. The van der Waals surface area contributed by atoms with Crippen LogP contribution in [0.25, 0.3) is 33.2 Å². The van der Waals surface area contributed by atoms with E-state index in [9.17, 15) is 0 Å². The van der Waals surface area contributed by atoms with E-state index in [2.05, 4.69) is 189 Å². The number of ether oxygens (including phenoxy) is 1. The molecule has 10 rings (SSSR count). The molecule has 4 nitrogen and oxygen atoms in total. The van der Waals surface area contributed by atoms with Crippen LogP contribution in [0.2, 0.25) is 0 Å². The molecule has 0 bridgehead atoms. The zero-order valence-electron chi connectivity index (χ0n) is 32.0. The van der Waals surface area contributed by atoms with Gasteiger partial charge in [0.25, 0.3) is 0 Å². The van der Waals surface area contributed by atoms with Crippen LogP contribution in [0.5, 0.6) is 11.5 Å². The first-order valence-electron chi connectivity index (χ1n) is 19.2. The van der Waals surface area contributed by atoms with Gasteiger partial charge in [0.1, 0.15) is 0 Å². The van der Waals surface area contributed by atoms with Gasteiger partial charge in [-0.3, -0.25) is 4.98 Å². The van der Waals surface area contributed by atoms with E-state index in [4.69, 9.17) is 14.7 Å². The summed E-state index contributed by atoms with van der Waals surface area (Å²) < 4.78 is 6.90. The Balaban J connectivity index is 0.00000436. The van der Waals surface area contributed by atoms with Gasteiger partial charge in [-0.15, -0.1) is 29.3 Å². The van der Waals surface area contributed by atoms with Crippen molar-refractivity contribution in [3.63, 3.8) is 0 Å². The van der Waals surface area contributed by atoms with Gasteiger partial charge in [0, 0.05) is 29.6 Å². The Labute approximate surface area is 353 Å². The zero-order chi connectivity index (χ0) is 38.3. The van der Waals surface area contributed by atoms with E-state index < -0.39 is 5.41 Å². The molecule has 0 saturated carbocycles. The topological polar surface area (TPSA) is 38.2 Å². The Morgan fingerprint density at radius 2 is 1.22 bits per heavy atom. The van der Waals surface area contributed by atoms with Gasteiger partial charge in [-0.25, -0.2) is 0 Å². The normalized spacial score (nSPS) is 12.6. The van der Waals surface area contributed by atoms with Crippen molar-refractivity contribution in [1.82, 2.24) is 9.97 Å². The Morgan fingerprint density at radius 1 is 0.552 bits per heavy atom. The van der Waals surface area contributed by atoms with Gasteiger partial charge < -0.3 is 14.6 Å². The largest absolute Gasteiger partial charge is 2.00 e. The van der Waals surface area contributed by atoms with Crippen LogP contribution in [0.4, 0.5) is 17.1 Å². The maximum Gasteiger partial charge on any atom is 2.00 e. The zero-order valence-corrected chi connectivity index (χ0v) is 34.2. The molecule has 0 aliphatic carbocycles. The number of fused-ring (bicyclic) bond motifs is 3. The van der Waals surface area contributed by atoms with Gasteiger partial charge in [0.2, 0.25) is 0 Å². The number of anilines is 3. The molecule has 280 valence electrons. The molecular weight excluding hydrogens is 890 g/mol. The summed E-state index contributed by atoms with van der Waals surface area (Å²) in [5, 5.41) is 2.18. The number of aryl methyl sites for hydroxylation is 2. The third-order valence-electron chi connectivity index (χ3n) is 11.1. The molecule has 5 heteroatoms. The van der Waals surface area contributed by atoms with E-state index in [0.29, 0.717) is 11.5 Å². The molecule has 1 aliphatic heterocycles. The van der Waals surface area contributed by atoms with Crippen molar-refractivity contribution in [1.29, 1.82) is 0 Å². The number of hydrogen-bond donors (Lipinski definition) is 0. The first kappa shape index (κ1) is 37.0. The molecule has 0 saturated heterocycles. The van der Waals surface area contributed by atoms with Gasteiger partial charge in [0.05, 0.1) is 22.5 Å². The number of hydrogen-bond acceptors (Lipinski definition) is 4. The monoisotopic (exact) mass is 926 g/mol. The van der Waals surface area contributed by atoms with Crippen LogP contribution in [-0.2, 0) is 26.5 Å². The van der Waals surface area contributed by atoms with Crippen LogP contribution in [-0.4, -0.2) is 9.97 Å². The Morgan fingerprint density at radius 3 is 1.97 bits per heavy atom. The minimum Gasteiger partial charge on any atom is -0.503 e. The summed E-state index contributed by atoms with van der Waals surface area (Å²) in [6.45, 7) is 4.31. The van der Waals surface area contributed by atoms with Crippen molar-refractivity contribution in [2.75, 3.05) is 4.90 Å². The SMILES string of the molecule is Cc1cccc(C)c1-c1cc(Oc2[c-]c(C3(c4ccccn4)c4ccccc4N(c4ccccc4)c4ccccc43)ccc2)[c-]c(-c2nccc3ccccc23)c1.[Pt+2]. The second-order valence-electron chi connectivity index (χ2n) is 14.5. The fourth-order valence-electron chi connectivity index (χ4n) is 8.71. The molecule has 7 aromatic carbocycles. The Kier molecular flexibility index (Phi) is 9.81. The number of pyridine rings is 2.